The predicted octanol–water partition coefficient (Wildman–Crippen LogP) is 7.79. The average Bonchev–Trinajstić information content (AvgIpc) is 2.96. The second-order valence-electron chi connectivity index (χ2n) is 11.0. The number of aliphatic hydroxyl groups is 3. The molecule has 0 heterocycles. The second-order valence-corrected chi connectivity index (χ2v) is 12.5. The van der Waals surface area contributed by atoms with E-state index in [0.29, 0.717) is 6.61 Å². The molecule has 0 aliphatic carbocycles. The molecule has 0 aromatic heterocycles. The van der Waals surface area contributed by atoms with Crippen molar-refractivity contribution in [2.24, 2.45) is 0 Å². The van der Waals surface area contributed by atoms with Crippen LogP contribution in [0.25, 0.3) is 0 Å². The number of unbranched alkanes of at least 4 members (excludes halogenated alkanes) is 17. The highest BCUT2D eigenvalue weighted by Crippen LogP contribution is 2.43. The summed E-state index contributed by atoms with van der Waals surface area (Å²) in [7, 11) is -4.39. The van der Waals surface area contributed by atoms with Crippen LogP contribution in [-0.2, 0) is 18.3 Å². The highest BCUT2D eigenvalue weighted by molar-refractivity contribution is 7.47. The van der Waals surface area contributed by atoms with E-state index in [2.05, 4.69) is 40.3 Å². The van der Waals surface area contributed by atoms with Gasteiger partial charge in [0.05, 0.1) is 26.4 Å². The Labute approximate surface area is 251 Å². The van der Waals surface area contributed by atoms with Gasteiger partial charge >= 0.3 is 7.82 Å². The summed E-state index contributed by atoms with van der Waals surface area (Å²) in [6.45, 7) is 1.25. The number of ether oxygens (including phenoxy) is 1. The molecule has 0 fully saturated rings. The standard InChI is InChI=1S/C32H63O8P/c1-2-3-4-5-6-7-8-9-10-11-12-13-14-15-16-17-18-19-20-21-22-23-24-25-26-38-28-32(35)30-40-41(36,37)39-29-31(34)27-33/h8-9,11-12,31-35H,2-7,10,13-30H2,1H3,(H,36,37)/b9-8-,12-11-. The van der Waals surface area contributed by atoms with Crippen LogP contribution in [0.5, 0.6) is 0 Å². The monoisotopic (exact) mass is 606 g/mol. The van der Waals surface area contributed by atoms with Gasteiger partial charge in [-0.05, 0) is 38.5 Å². The molecule has 0 bridgehead atoms. The summed E-state index contributed by atoms with van der Waals surface area (Å²) < 4.78 is 26.2. The fourth-order valence-electron chi connectivity index (χ4n) is 4.32. The van der Waals surface area contributed by atoms with Gasteiger partial charge in [-0.1, -0.05) is 121 Å². The molecule has 0 saturated carbocycles. The van der Waals surface area contributed by atoms with Crippen LogP contribution in [0.4, 0.5) is 0 Å². The molecule has 3 atom stereocenters. The summed E-state index contributed by atoms with van der Waals surface area (Å²) in [6.07, 6.45) is 32.4. The van der Waals surface area contributed by atoms with Crippen molar-refractivity contribution in [1.29, 1.82) is 0 Å². The molecule has 4 N–H and O–H groups in total. The van der Waals surface area contributed by atoms with Crippen molar-refractivity contribution in [3.05, 3.63) is 24.3 Å². The third-order valence-corrected chi connectivity index (χ3v) is 7.82. The first-order valence-electron chi connectivity index (χ1n) is 16.4. The van der Waals surface area contributed by atoms with Crippen LogP contribution < -0.4 is 0 Å². The van der Waals surface area contributed by atoms with Gasteiger partial charge in [-0.25, -0.2) is 4.57 Å². The molecule has 244 valence electrons. The van der Waals surface area contributed by atoms with Crippen LogP contribution in [-0.4, -0.2) is 65.5 Å². The van der Waals surface area contributed by atoms with Crippen LogP contribution in [0.1, 0.15) is 135 Å². The summed E-state index contributed by atoms with van der Waals surface area (Å²) in [6, 6.07) is 0. The summed E-state index contributed by atoms with van der Waals surface area (Å²) in [5.41, 5.74) is 0. The lowest BCUT2D eigenvalue weighted by Gasteiger charge is -2.16. The minimum Gasteiger partial charge on any atom is -0.394 e. The van der Waals surface area contributed by atoms with Crippen molar-refractivity contribution < 1.29 is 38.6 Å². The molecule has 0 amide bonds. The minimum atomic E-state index is -4.39. The van der Waals surface area contributed by atoms with E-state index < -0.39 is 39.9 Å². The van der Waals surface area contributed by atoms with Crippen LogP contribution in [0.15, 0.2) is 24.3 Å². The summed E-state index contributed by atoms with van der Waals surface area (Å²) >= 11 is 0. The summed E-state index contributed by atoms with van der Waals surface area (Å²) in [5, 5.41) is 27.6. The Morgan fingerprint density at radius 2 is 1.05 bits per heavy atom. The van der Waals surface area contributed by atoms with Gasteiger partial charge in [-0.3, -0.25) is 9.05 Å². The Morgan fingerprint density at radius 3 is 1.54 bits per heavy atom. The van der Waals surface area contributed by atoms with Crippen LogP contribution in [0.3, 0.4) is 0 Å². The van der Waals surface area contributed by atoms with Gasteiger partial charge in [-0.2, -0.15) is 0 Å². The number of phosphoric ester groups is 1. The van der Waals surface area contributed by atoms with Crippen LogP contribution >= 0.6 is 7.82 Å². The number of aliphatic hydroxyl groups excluding tert-OH is 3. The van der Waals surface area contributed by atoms with E-state index in [1.807, 2.05) is 0 Å². The maximum atomic E-state index is 11.6. The molecule has 0 aromatic carbocycles. The minimum absolute atomic E-state index is 0.00686. The molecule has 0 aliphatic rings. The maximum Gasteiger partial charge on any atom is 0.472 e. The molecule has 8 nitrogen and oxygen atoms in total. The quantitative estimate of drug-likeness (QED) is 0.0347. The Morgan fingerprint density at radius 1 is 0.610 bits per heavy atom. The van der Waals surface area contributed by atoms with Gasteiger partial charge in [0.25, 0.3) is 0 Å². The lowest BCUT2D eigenvalue weighted by molar-refractivity contribution is -0.00437. The third kappa shape index (κ3) is 32.2. The number of hydrogen-bond acceptors (Lipinski definition) is 7. The van der Waals surface area contributed by atoms with Gasteiger partial charge in [0, 0.05) is 6.61 Å². The van der Waals surface area contributed by atoms with E-state index in [1.54, 1.807) is 0 Å². The fraction of sp³-hybridized carbons (Fsp3) is 0.875. The molecule has 9 heteroatoms. The average molecular weight is 607 g/mol. The lowest BCUT2D eigenvalue weighted by Crippen LogP contribution is -2.23. The van der Waals surface area contributed by atoms with E-state index in [0.717, 1.165) is 19.3 Å². The van der Waals surface area contributed by atoms with Crippen LogP contribution in [0.2, 0.25) is 0 Å². The first-order valence-corrected chi connectivity index (χ1v) is 17.9. The molecule has 0 radical (unpaired) electrons. The zero-order valence-corrected chi connectivity index (χ0v) is 26.9. The van der Waals surface area contributed by atoms with E-state index in [4.69, 9.17) is 14.9 Å². The van der Waals surface area contributed by atoms with Crippen molar-refractivity contribution in [2.75, 3.05) is 33.0 Å². The topological polar surface area (TPSA) is 126 Å². The normalized spacial score (nSPS) is 15.1. The van der Waals surface area contributed by atoms with Crippen molar-refractivity contribution >= 4 is 7.82 Å². The summed E-state index contributed by atoms with van der Waals surface area (Å²) in [5.74, 6) is 0. The molecular weight excluding hydrogens is 543 g/mol. The Balaban J connectivity index is 3.33. The van der Waals surface area contributed by atoms with Gasteiger partial charge in [-0.15, -0.1) is 0 Å². The maximum absolute atomic E-state index is 11.6. The molecule has 0 aliphatic heterocycles. The van der Waals surface area contributed by atoms with Gasteiger partial charge in [0.1, 0.15) is 12.2 Å². The van der Waals surface area contributed by atoms with E-state index in [9.17, 15) is 14.6 Å². The molecule has 3 unspecified atom stereocenters. The fourth-order valence-corrected chi connectivity index (χ4v) is 5.12. The van der Waals surface area contributed by atoms with Gasteiger partial charge in [0.2, 0.25) is 0 Å². The Hall–Kier alpha value is -0.570. The van der Waals surface area contributed by atoms with Crippen molar-refractivity contribution in [1.82, 2.24) is 0 Å². The molecule has 0 rings (SSSR count). The number of phosphoric acid groups is 1. The van der Waals surface area contributed by atoms with Gasteiger partial charge < -0.3 is 24.9 Å². The van der Waals surface area contributed by atoms with E-state index in [1.165, 1.54) is 109 Å². The molecular formula is C32H63O8P. The van der Waals surface area contributed by atoms with Crippen molar-refractivity contribution in [3.63, 3.8) is 0 Å². The predicted molar refractivity (Wildman–Crippen MR) is 168 cm³/mol. The van der Waals surface area contributed by atoms with Crippen molar-refractivity contribution in [3.8, 4) is 0 Å². The van der Waals surface area contributed by atoms with Crippen molar-refractivity contribution in [2.45, 2.75) is 148 Å². The van der Waals surface area contributed by atoms with Gasteiger partial charge in [0.15, 0.2) is 0 Å². The largest absolute Gasteiger partial charge is 0.472 e. The second kappa shape index (κ2) is 30.9. The molecule has 0 spiro atoms. The molecule has 41 heavy (non-hydrogen) atoms. The van der Waals surface area contributed by atoms with Crippen LogP contribution in [0, 0.1) is 0 Å². The third-order valence-electron chi connectivity index (χ3n) is 6.87. The first-order chi connectivity index (χ1) is 19.9. The van der Waals surface area contributed by atoms with E-state index in [-0.39, 0.29) is 6.61 Å². The zero-order valence-electron chi connectivity index (χ0n) is 26.0. The highest BCUT2D eigenvalue weighted by Gasteiger charge is 2.24. The number of allylic oxidation sites excluding steroid dienone is 4. The smallest absolute Gasteiger partial charge is 0.394 e. The number of hydrogen-bond donors (Lipinski definition) is 4. The summed E-state index contributed by atoms with van der Waals surface area (Å²) in [4.78, 5) is 9.44. The van der Waals surface area contributed by atoms with E-state index >= 15 is 0 Å². The first kappa shape index (κ1) is 40.4. The Bertz CT molecular complexity index is 643. The highest BCUT2D eigenvalue weighted by atomic mass is 31.2. The lowest BCUT2D eigenvalue weighted by atomic mass is 10.0. The Kier molecular flexibility index (Phi) is 30.4. The number of rotatable bonds is 32. The SMILES string of the molecule is CCCCCCC/C=C\C/C=C\CCCCCCCCCCCCCCOCC(O)COP(=O)(O)OCC(O)CO. The molecule has 0 aromatic rings. The zero-order chi connectivity index (χ0) is 30.3. The molecule has 0 saturated heterocycles.